The van der Waals surface area contributed by atoms with Crippen molar-refractivity contribution in [3.05, 3.63) is 64.2 Å². The quantitative estimate of drug-likeness (QED) is 0.617. The summed E-state index contributed by atoms with van der Waals surface area (Å²) in [5, 5.41) is 13.8. The Morgan fingerprint density at radius 1 is 1.10 bits per heavy atom. The molecular formula is C16H18N2O3. The molecule has 0 unspecified atom stereocenters. The van der Waals surface area contributed by atoms with Crippen LogP contribution in [0.3, 0.4) is 0 Å². The fourth-order valence-corrected chi connectivity index (χ4v) is 1.83. The highest BCUT2D eigenvalue weighted by atomic mass is 16.6. The smallest absolute Gasteiger partial charge is 0.269 e. The Kier molecular flexibility index (Phi) is 5.15. The van der Waals surface area contributed by atoms with E-state index in [1.807, 2.05) is 24.3 Å². The molecule has 0 aliphatic rings. The zero-order chi connectivity index (χ0) is 15.1. The molecule has 0 fully saturated rings. The SMILES string of the molecule is CCCOc1ccc(NCc2ccc([N+](=O)[O-])cc2)cc1. The van der Waals surface area contributed by atoms with E-state index in [1.54, 1.807) is 12.1 Å². The van der Waals surface area contributed by atoms with E-state index in [1.165, 1.54) is 12.1 Å². The lowest BCUT2D eigenvalue weighted by Gasteiger charge is -2.08. The number of non-ortho nitro benzene ring substituents is 1. The Bertz CT molecular complexity index is 579. The summed E-state index contributed by atoms with van der Waals surface area (Å²) in [7, 11) is 0. The average molecular weight is 286 g/mol. The maximum Gasteiger partial charge on any atom is 0.269 e. The van der Waals surface area contributed by atoms with E-state index in [2.05, 4.69) is 12.2 Å². The second-order valence-corrected chi connectivity index (χ2v) is 4.65. The van der Waals surface area contributed by atoms with Gasteiger partial charge in [-0.05, 0) is 36.2 Å². The molecule has 0 spiro atoms. The molecule has 0 heterocycles. The first kappa shape index (κ1) is 14.8. The van der Waals surface area contributed by atoms with Crippen molar-refractivity contribution in [2.75, 3.05) is 11.9 Å². The molecule has 0 aliphatic heterocycles. The lowest BCUT2D eigenvalue weighted by atomic mass is 10.2. The van der Waals surface area contributed by atoms with Crippen molar-refractivity contribution in [1.82, 2.24) is 0 Å². The molecule has 0 amide bonds. The second kappa shape index (κ2) is 7.28. The molecule has 1 N–H and O–H groups in total. The highest BCUT2D eigenvalue weighted by Crippen LogP contribution is 2.17. The number of anilines is 1. The predicted molar refractivity (Wildman–Crippen MR) is 82.7 cm³/mol. The third kappa shape index (κ3) is 4.49. The van der Waals surface area contributed by atoms with Crippen LogP contribution in [-0.4, -0.2) is 11.5 Å². The highest BCUT2D eigenvalue weighted by Gasteiger charge is 2.03. The second-order valence-electron chi connectivity index (χ2n) is 4.65. The van der Waals surface area contributed by atoms with Crippen molar-refractivity contribution in [2.45, 2.75) is 19.9 Å². The summed E-state index contributed by atoms with van der Waals surface area (Å²) in [5.41, 5.74) is 2.08. The van der Waals surface area contributed by atoms with Crippen LogP contribution in [0.5, 0.6) is 5.75 Å². The van der Waals surface area contributed by atoms with Crippen LogP contribution in [0.15, 0.2) is 48.5 Å². The molecule has 0 radical (unpaired) electrons. The molecule has 0 aromatic heterocycles. The van der Waals surface area contributed by atoms with Gasteiger partial charge in [-0.15, -0.1) is 0 Å². The van der Waals surface area contributed by atoms with Crippen LogP contribution in [0, 0.1) is 10.1 Å². The monoisotopic (exact) mass is 286 g/mol. The normalized spacial score (nSPS) is 10.1. The van der Waals surface area contributed by atoms with Crippen LogP contribution in [0.25, 0.3) is 0 Å². The Balaban J connectivity index is 1.88. The van der Waals surface area contributed by atoms with Gasteiger partial charge in [0, 0.05) is 24.4 Å². The molecule has 2 aromatic carbocycles. The summed E-state index contributed by atoms with van der Waals surface area (Å²) < 4.78 is 5.52. The van der Waals surface area contributed by atoms with Gasteiger partial charge in [0.05, 0.1) is 11.5 Å². The van der Waals surface area contributed by atoms with E-state index in [-0.39, 0.29) is 5.69 Å². The van der Waals surface area contributed by atoms with Crippen molar-refractivity contribution in [3.63, 3.8) is 0 Å². The number of benzene rings is 2. The van der Waals surface area contributed by atoms with Gasteiger partial charge >= 0.3 is 0 Å². The maximum absolute atomic E-state index is 10.6. The molecule has 0 saturated carbocycles. The molecule has 2 aromatic rings. The van der Waals surface area contributed by atoms with Crippen LogP contribution in [0.4, 0.5) is 11.4 Å². The first-order valence-electron chi connectivity index (χ1n) is 6.89. The van der Waals surface area contributed by atoms with E-state index >= 15 is 0 Å². The first-order valence-corrected chi connectivity index (χ1v) is 6.89. The molecule has 0 saturated heterocycles. The van der Waals surface area contributed by atoms with Crippen LogP contribution in [0.2, 0.25) is 0 Å². The minimum absolute atomic E-state index is 0.108. The van der Waals surface area contributed by atoms with E-state index in [4.69, 9.17) is 4.74 Å². The van der Waals surface area contributed by atoms with Crippen LogP contribution < -0.4 is 10.1 Å². The van der Waals surface area contributed by atoms with Gasteiger partial charge in [-0.1, -0.05) is 19.1 Å². The number of nitrogens with zero attached hydrogens (tertiary/aromatic N) is 1. The lowest BCUT2D eigenvalue weighted by molar-refractivity contribution is -0.384. The zero-order valence-electron chi connectivity index (χ0n) is 11.9. The number of hydrogen-bond acceptors (Lipinski definition) is 4. The molecule has 2 rings (SSSR count). The number of rotatable bonds is 7. The largest absolute Gasteiger partial charge is 0.494 e. The summed E-state index contributed by atoms with van der Waals surface area (Å²) in [6.45, 7) is 3.41. The van der Waals surface area contributed by atoms with Crippen molar-refractivity contribution < 1.29 is 9.66 Å². The highest BCUT2D eigenvalue weighted by molar-refractivity contribution is 5.47. The van der Waals surface area contributed by atoms with Gasteiger partial charge in [0.2, 0.25) is 0 Å². The molecular weight excluding hydrogens is 268 g/mol. The molecule has 0 aliphatic carbocycles. The van der Waals surface area contributed by atoms with Gasteiger partial charge in [-0.25, -0.2) is 0 Å². The van der Waals surface area contributed by atoms with Gasteiger partial charge in [0.1, 0.15) is 5.75 Å². The van der Waals surface area contributed by atoms with Crippen molar-refractivity contribution in [2.24, 2.45) is 0 Å². The van der Waals surface area contributed by atoms with Crippen molar-refractivity contribution in [3.8, 4) is 5.75 Å². The number of nitro benzene ring substituents is 1. The van der Waals surface area contributed by atoms with E-state index < -0.39 is 4.92 Å². The van der Waals surface area contributed by atoms with E-state index in [9.17, 15) is 10.1 Å². The Morgan fingerprint density at radius 2 is 1.76 bits per heavy atom. The van der Waals surface area contributed by atoms with Crippen molar-refractivity contribution >= 4 is 11.4 Å². The van der Waals surface area contributed by atoms with E-state index in [0.29, 0.717) is 6.54 Å². The third-order valence-electron chi connectivity index (χ3n) is 2.97. The molecule has 0 bridgehead atoms. The van der Waals surface area contributed by atoms with Crippen molar-refractivity contribution in [1.29, 1.82) is 0 Å². The number of nitrogens with one attached hydrogen (secondary N) is 1. The van der Waals surface area contributed by atoms with Crippen LogP contribution in [-0.2, 0) is 6.54 Å². The maximum atomic E-state index is 10.6. The van der Waals surface area contributed by atoms with Gasteiger partial charge in [0.25, 0.3) is 5.69 Å². The molecule has 5 heteroatoms. The Hall–Kier alpha value is -2.56. The number of nitro groups is 1. The summed E-state index contributed by atoms with van der Waals surface area (Å²) in [5.74, 6) is 0.859. The Morgan fingerprint density at radius 3 is 2.33 bits per heavy atom. The average Bonchev–Trinajstić information content (AvgIpc) is 2.52. The summed E-state index contributed by atoms with van der Waals surface area (Å²) in [6, 6.07) is 14.3. The predicted octanol–water partition coefficient (Wildman–Crippen LogP) is 4.00. The van der Waals surface area contributed by atoms with Gasteiger partial charge in [-0.3, -0.25) is 10.1 Å². The van der Waals surface area contributed by atoms with Crippen LogP contribution in [0.1, 0.15) is 18.9 Å². The lowest BCUT2D eigenvalue weighted by Crippen LogP contribution is -2.00. The molecule has 0 atom stereocenters. The number of ether oxygens (including phenoxy) is 1. The minimum atomic E-state index is -0.397. The van der Waals surface area contributed by atoms with Crippen LogP contribution >= 0.6 is 0 Å². The fraction of sp³-hybridized carbons (Fsp3) is 0.250. The third-order valence-corrected chi connectivity index (χ3v) is 2.97. The summed E-state index contributed by atoms with van der Waals surface area (Å²) in [4.78, 5) is 10.2. The standard InChI is InChI=1S/C16H18N2O3/c1-2-11-21-16-9-5-14(6-10-16)17-12-13-3-7-15(8-4-13)18(19)20/h3-10,17H,2,11-12H2,1H3. The topological polar surface area (TPSA) is 64.4 Å². The van der Waals surface area contributed by atoms with Gasteiger partial charge < -0.3 is 10.1 Å². The Labute approximate surface area is 123 Å². The molecule has 110 valence electrons. The zero-order valence-corrected chi connectivity index (χ0v) is 11.9. The summed E-state index contributed by atoms with van der Waals surface area (Å²) in [6.07, 6.45) is 0.986. The molecule has 21 heavy (non-hydrogen) atoms. The first-order chi connectivity index (χ1) is 10.2. The van der Waals surface area contributed by atoms with Gasteiger partial charge in [0.15, 0.2) is 0 Å². The number of hydrogen-bond donors (Lipinski definition) is 1. The summed E-state index contributed by atoms with van der Waals surface area (Å²) >= 11 is 0. The molecule has 5 nitrogen and oxygen atoms in total. The minimum Gasteiger partial charge on any atom is -0.494 e. The fourth-order valence-electron chi connectivity index (χ4n) is 1.83. The van der Waals surface area contributed by atoms with Gasteiger partial charge in [-0.2, -0.15) is 0 Å². The van der Waals surface area contributed by atoms with E-state index in [0.717, 1.165) is 30.0 Å².